The van der Waals surface area contributed by atoms with Crippen molar-refractivity contribution in [1.29, 1.82) is 0 Å². The lowest BCUT2D eigenvalue weighted by Crippen LogP contribution is -2.37. The Bertz CT molecular complexity index is 866. The summed E-state index contributed by atoms with van der Waals surface area (Å²) in [7, 11) is -3.64. The zero-order valence-corrected chi connectivity index (χ0v) is 14.8. The maximum absolute atomic E-state index is 12.6. The highest BCUT2D eigenvalue weighted by atomic mass is 32.2. The Hall–Kier alpha value is -2.13. The molecule has 2 aromatic rings. The van der Waals surface area contributed by atoms with Gasteiger partial charge in [-0.2, -0.15) is 13.2 Å². The summed E-state index contributed by atoms with van der Waals surface area (Å²) in [5.74, 6) is 0.398. The van der Waals surface area contributed by atoms with Crippen molar-refractivity contribution in [3.8, 4) is 0 Å². The van der Waals surface area contributed by atoms with E-state index in [1.807, 2.05) is 6.92 Å². The van der Waals surface area contributed by atoms with Crippen LogP contribution >= 0.6 is 0 Å². The lowest BCUT2D eigenvalue weighted by molar-refractivity contribution is -0.137. The van der Waals surface area contributed by atoms with Gasteiger partial charge in [0.1, 0.15) is 5.82 Å². The monoisotopic (exact) mass is 385 g/mol. The number of nitrogens with zero attached hydrogens (tertiary/aromatic N) is 2. The van der Waals surface area contributed by atoms with Crippen molar-refractivity contribution in [2.45, 2.75) is 30.5 Å². The van der Waals surface area contributed by atoms with Crippen molar-refractivity contribution in [1.82, 2.24) is 9.71 Å². The number of halogens is 3. The molecule has 1 aromatic carbocycles. The number of benzene rings is 1. The van der Waals surface area contributed by atoms with Crippen LogP contribution in [0.3, 0.4) is 0 Å². The van der Waals surface area contributed by atoms with Crippen LogP contribution in [-0.4, -0.2) is 32.5 Å². The number of hydrogen-bond donors (Lipinski definition) is 1. The van der Waals surface area contributed by atoms with Gasteiger partial charge in [-0.1, -0.05) is 17.7 Å². The van der Waals surface area contributed by atoms with E-state index < -0.39 is 21.8 Å². The lowest BCUT2D eigenvalue weighted by Gasteiger charge is -2.18. The topological polar surface area (TPSA) is 62.3 Å². The lowest BCUT2D eigenvalue weighted by atomic mass is 10.2. The molecule has 0 amide bonds. The van der Waals surface area contributed by atoms with Gasteiger partial charge in [0, 0.05) is 25.3 Å². The van der Waals surface area contributed by atoms with Crippen LogP contribution in [-0.2, 0) is 16.2 Å². The van der Waals surface area contributed by atoms with Gasteiger partial charge < -0.3 is 4.90 Å². The number of nitrogens with one attached hydrogen (secondary N) is 1. The van der Waals surface area contributed by atoms with Crippen LogP contribution in [0.25, 0.3) is 0 Å². The van der Waals surface area contributed by atoms with Crippen molar-refractivity contribution >= 4 is 15.8 Å². The predicted molar refractivity (Wildman–Crippen MR) is 91.4 cm³/mol. The van der Waals surface area contributed by atoms with E-state index in [0.29, 0.717) is 25.3 Å². The summed E-state index contributed by atoms with van der Waals surface area (Å²) in [6.07, 6.45) is -3.09. The summed E-state index contributed by atoms with van der Waals surface area (Å²) in [4.78, 5) is 5.81. The SMILES string of the molecule is Cc1ccc(S(=O)(=O)NC2CCN(c3ccc(C(F)(F)F)cn3)C2)cc1. The molecule has 1 N–H and O–H groups in total. The van der Waals surface area contributed by atoms with Crippen LogP contribution < -0.4 is 9.62 Å². The molecule has 1 aromatic heterocycles. The highest BCUT2D eigenvalue weighted by molar-refractivity contribution is 7.89. The molecule has 1 aliphatic rings. The Morgan fingerprint density at radius 2 is 1.85 bits per heavy atom. The van der Waals surface area contributed by atoms with Gasteiger partial charge in [-0.3, -0.25) is 0 Å². The number of aryl methyl sites for hydroxylation is 1. The Balaban J connectivity index is 1.66. The minimum absolute atomic E-state index is 0.189. The first-order chi connectivity index (χ1) is 12.1. The van der Waals surface area contributed by atoms with Gasteiger partial charge in [0.15, 0.2) is 0 Å². The molecule has 9 heteroatoms. The highest BCUT2D eigenvalue weighted by Crippen LogP contribution is 2.30. The van der Waals surface area contributed by atoms with Crippen molar-refractivity contribution in [2.75, 3.05) is 18.0 Å². The smallest absolute Gasteiger partial charge is 0.355 e. The molecule has 1 saturated heterocycles. The van der Waals surface area contributed by atoms with Crippen molar-refractivity contribution in [2.24, 2.45) is 0 Å². The molecule has 0 saturated carbocycles. The normalized spacial score (nSPS) is 18.3. The van der Waals surface area contributed by atoms with Crippen molar-refractivity contribution in [3.05, 3.63) is 53.7 Å². The molecule has 26 heavy (non-hydrogen) atoms. The van der Waals surface area contributed by atoms with E-state index in [0.717, 1.165) is 17.8 Å². The van der Waals surface area contributed by atoms with Gasteiger partial charge >= 0.3 is 6.18 Å². The number of pyridine rings is 1. The largest absolute Gasteiger partial charge is 0.417 e. The molecule has 0 radical (unpaired) electrons. The molecule has 1 unspecified atom stereocenters. The summed E-state index contributed by atoms with van der Waals surface area (Å²) in [5.41, 5.74) is 0.154. The molecule has 0 bridgehead atoms. The van der Waals surface area contributed by atoms with E-state index in [-0.39, 0.29) is 10.9 Å². The molecule has 5 nitrogen and oxygen atoms in total. The zero-order valence-electron chi connectivity index (χ0n) is 14.0. The molecule has 3 rings (SSSR count). The van der Waals surface area contributed by atoms with Crippen LogP contribution in [0.5, 0.6) is 0 Å². The average Bonchev–Trinajstić information content (AvgIpc) is 3.02. The molecule has 140 valence electrons. The summed E-state index contributed by atoms with van der Waals surface area (Å²) < 4.78 is 65.3. The van der Waals surface area contributed by atoms with Crippen LogP contribution in [0.4, 0.5) is 19.0 Å². The fraction of sp³-hybridized carbons (Fsp3) is 0.353. The number of rotatable bonds is 4. The molecule has 1 fully saturated rings. The number of hydrogen-bond acceptors (Lipinski definition) is 4. The Kier molecular flexibility index (Phi) is 4.94. The van der Waals surface area contributed by atoms with Gasteiger partial charge in [0.25, 0.3) is 0 Å². The summed E-state index contributed by atoms with van der Waals surface area (Å²) in [6, 6.07) is 8.49. The first kappa shape index (κ1) is 18.7. The summed E-state index contributed by atoms with van der Waals surface area (Å²) in [6.45, 7) is 2.73. The quantitative estimate of drug-likeness (QED) is 0.879. The third kappa shape index (κ3) is 4.16. The van der Waals surface area contributed by atoms with E-state index in [1.54, 1.807) is 29.2 Å². The third-order valence-corrected chi connectivity index (χ3v) is 5.78. The number of sulfonamides is 1. The Labute approximate surface area is 149 Å². The maximum atomic E-state index is 12.6. The van der Waals surface area contributed by atoms with E-state index in [2.05, 4.69) is 9.71 Å². The minimum Gasteiger partial charge on any atom is -0.355 e. The average molecular weight is 385 g/mol. The van der Waals surface area contributed by atoms with Crippen LogP contribution in [0.2, 0.25) is 0 Å². The van der Waals surface area contributed by atoms with E-state index in [9.17, 15) is 21.6 Å². The standard InChI is InChI=1S/C17H18F3N3O2S/c1-12-2-5-15(6-3-12)26(24,25)22-14-8-9-23(11-14)16-7-4-13(10-21-16)17(18,19)20/h2-7,10,14,22H,8-9,11H2,1H3. The van der Waals surface area contributed by atoms with E-state index >= 15 is 0 Å². The molecule has 2 heterocycles. The van der Waals surface area contributed by atoms with Crippen LogP contribution in [0.15, 0.2) is 47.5 Å². The molecule has 1 aliphatic heterocycles. The van der Waals surface area contributed by atoms with Gasteiger partial charge in [0.2, 0.25) is 10.0 Å². The fourth-order valence-corrected chi connectivity index (χ4v) is 4.07. The van der Waals surface area contributed by atoms with E-state index in [4.69, 9.17) is 0 Å². The minimum atomic E-state index is -4.43. The highest BCUT2D eigenvalue weighted by Gasteiger charge is 2.32. The second kappa shape index (κ2) is 6.88. The first-order valence-electron chi connectivity index (χ1n) is 8.02. The second-order valence-electron chi connectivity index (χ2n) is 6.27. The fourth-order valence-electron chi connectivity index (χ4n) is 2.81. The summed E-state index contributed by atoms with van der Waals surface area (Å²) in [5, 5.41) is 0. The Morgan fingerprint density at radius 3 is 2.42 bits per heavy atom. The van der Waals surface area contributed by atoms with E-state index in [1.165, 1.54) is 6.07 Å². The van der Waals surface area contributed by atoms with Crippen molar-refractivity contribution in [3.63, 3.8) is 0 Å². The van der Waals surface area contributed by atoms with Gasteiger partial charge in [0.05, 0.1) is 10.5 Å². The van der Waals surface area contributed by atoms with Crippen LogP contribution in [0, 0.1) is 6.92 Å². The Morgan fingerprint density at radius 1 is 1.15 bits per heavy atom. The zero-order chi connectivity index (χ0) is 18.9. The number of aromatic nitrogens is 1. The molecule has 0 aliphatic carbocycles. The molecule has 0 spiro atoms. The third-order valence-electron chi connectivity index (χ3n) is 4.24. The second-order valence-corrected chi connectivity index (χ2v) is 7.98. The van der Waals surface area contributed by atoms with Crippen molar-refractivity contribution < 1.29 is 21.6 Å². The number of alkyl halides is 3. The first-order valence-corrected chi connectivity index (χ1v) is 9.51. The predicted octanol–water partition coefficient (Wildman–Crippen LogP) is 2.97. The maximum Gasteiger partial charge on any atom is 0.417 e. The van der Waals surface area contributed by atoms with Gasteiger partial charge in [-0.25, -0.2) is 18.1 Å². The van der Waals surface area contributed by atoms with Gasteiger partial charge in [-0.05, 0) is 37.6 Å². The molecule has 1 atom stereocenters. The number of anilines is 1. The molecular formula is C17H18F3N3O2S. The summed E-state index contributed by atoms with van der Waals surface area (Å²) >= 11 is 0. The van der Waals surface area contributed by atoms with Crippen LogP contribution in [0.1, 0.15) is 17.5 Å². The van der Waals surface area contributed by atoms with Gasteiger partial charge in [-0.15, -0.1) is 0 Å². The molecular weight excluding hydrogens is 367 g/mol.